The van der Waals surface area contributed by atoms with Crippen molar-refractivity contribution in [2.45, 2.75) is 14.7 Å². The first-order chi connectivity index (χ1) is 16.0. The van der Waals surface area contributed by atoms with E-state index in [2.05, 4.69) is 0 Å². The fourth-order valence-electron chi connectivity index (χ4n) is 3.21. The number of sulfonamides is 1. The lowest BCUT2D eigenvalue weighted by molar-refractivity contribution is 0.482. The Labute approximate surface area is 196 Å². The van der Waals surface area contributed by atoms with Crippen LogP contribution < -0.4 is 13.5 Å². The van der Waals surface area contributed by atoms with E-state index in [0.717, 1.165) is 12.1 Å². The van der Waals surface area contributed by atoms with Gasteiger partial charge in [-0.2, -0.15) is 16.8 Å². The summed E-state index contributed by atoms with van der Waals surface area (Å²) in [7, 11) is -13.0. The number of fused-ring (bicyclic) bond motifs is 1. The Bertz CT molecular complexity index is 1610. The highest BCUT2D eigenvalue weighted by Gasteiger charge is 2.25. The molecule has 0 radical (unpaired) electrons. The molecule has 4 aromatic rings. The molecule has 0 aliphatic rings. The lowest BCUT2D eigenvalue weighted by Crippen LogP contribution is -2.15. The van der Waals surface area contributed by atoms with Crippen LogP contribution in [0.25, 0.3) is 10.8 Å². The van der Waals surface area contributed by atoms with Crippen molar-refractivity contribution in [3.05, 3.63) is 91.0 Å². The van der Waals surface area contributed by atoms with Crippen molar-refractivity contribution in [3.63, 3.8) is 0 Å². The fraction of sp³-hybridized carbons (Fsp3) is 0. The van der Waals surface area contributed by atoms with Crippen molar-refractivity contribution in [2.75, 3.05) is 0 Å². The van der Waals surface area contributed by atoms with E-state index in [4.69, 9.17) is 13.5 Å². The first-order valence-electron chi connectivity index (χ1n) is 9.57. The molecular weight excluding hydrogens is 502 g/mol. The summed E-state index contributed by atoms with van der Waals surface area (Å²) in [6, 6.07) is 20.6. The van der Waals surface area contributed by atoms with Gasteiger partial charge in [-0.05, 0) is 42.5 Å². The molecule has 0 amide bonds. The third-order valence-electron chi connectivity index (χ3n) is 4.69. The number of hydrogen-bond donors (Lipinski definition) is 1. The van der Waals surface area contributed by atoms with Gasteiger partial charge in [-0.1, -0.05) is 48.5 Å². The van der Waals surface area contributed by atoms with Crippen molar-refractivity contribution < 1.29 is 33.6 Å². The van der Waals surface area contributed by atoms with Crippen LogP contribution in [0.5, 0.6) is 11.5 Å². The number of nitrogens with two attached hydrogens (primary N) is 1. The summed E-state index contributed by atoms with van der Waals surface area (Å²) < 4.78 is 86.2. The zero-order valence-corrected chi connectivity index (χ0v) is 19.7. The third-order valence-corrected chi connectivity index (χ3v) is 8.16. The molecule has 0 saturated carbocycles. The Hall–Kier alpha value is -3.45. The average molecular weight is 520 g/mol. The highest BCUT2D eigenvalue weighted by Crippen LogP contribution is 2.39. The molecule has 12 heteroatoms. The molecule has 0 aliphatic carbocycles. The van der Waals surface area contributed by atoms with E-state index in [9.17, 15) is 25.3 Å². The molecule has 0 fully saturated rings. The van der Waals surface area contributed by atoms with E-state index in [0.29, 0.717) is 0 Å². The van der Waals surface area contributed by atoms with Crippen LogP contribution in [0.3, 0.4) is 0 Å². The molecule has 4 rings (SSSR count). The van der Waals surface area contributed by atoms with Gasteiger partial charge >= 0.3 is 20.2 Å². The Balaban J connectivity index is 1.93. The van der Waals surface area contributed by atoms with Gasteiger partial charge in [0.2, 0.25) is 10.0 Å². The van der Waals surface area contributed by atoms with E-state index in [1.165, 1.54) is 66.7 Å². The van der Waals surface area contributed by atoms with Gasteiger partial charge in [0.15, 0.2) is 11.5 Å². The molecule has 0 heterocycles. The van der Waals surface area contributed by atoms with Gasteiger partial charge in [0.25, 0.3) is 0 Å². The van der Waals surface area contributed by atoms with Crippen LogP contribution >= 0.6 is 0 Å². The lowest BCUT2D eigenvalue weighted by Gasteiger charge is -2.15. The van der Waals surface area contributed by atoms with Crippen molar-refractivity contribution in [2.24, 2.45) is 5.14 Å². The largest absolute Gasteiger partial charge is 0.378 e. The SMILES string of the molecule is NS(=O)(=O)c1ccc(OS(=O)(=O)c2ccccc2)c2c(OS(=O)(=O)c3ccccc3)cccc12. The zero-order chi connectivity index (χ0) is 24.6. The smallest absolute Gasteiger partial charge is 0.339 e. The van der Waals surface area contributed by atoms with E-state index in [1.807, 2.05) is 0 Å². The Kier molecular flexibility index (Phi) is 6.08. The predicted octanol–water partition coefficient (Wildman–Crippen LogP) is 3.02. The van der Waals surface area contributed by atoms with E-state index >= 15 is 0 Å². The predicted molar refractivity (Wildman–Crippen MR) is 124 cm³/mol. The molecule has 2 N–H and O–H groups in total. The van der Waals surface area contributed by atoms with Crippen molar-refractivity contribution in [1.82, 2.24) is 0 Å². The van der Waals surface area contributed by atoms with Crippen LogP contribution in [0, 0.1) is 0 Å². The summed E-state index contributed by atoms with van der Waals surface area (Å²) in [5, 5.41) is 5.03. The van der Waals surface area contributed by atoms with Crippen molar-refractivity contribution >= 4 is 41.0 Å². The van der Waals surface area contributed by atoms with Gasteiger partial charge in [-0.25, -0.2) is 13.6 Å². The molecule has 34 heavy (non-hydrogen) atoms. The maximum atomic E-state index is 12.8. The molecule has 0 aromatic heterocycles. The molecule has 9 nitrogen and oxygen atoms in total. The van der Waals surface area contributed by atoms with Crippen molar-refractivity contribution in [3.8, 4) is 11.5 Å². The molecule has 0 spiro atoms. The Morgan fingerprint density at radius 3 is 1.47 bits per heavy atom. The van der Waals surface area contributed by atoms with E-state index in [-0.39, 0.29) is 37.0 Å². The fourth-order valence-corrected chi connectivity index (χ4v) is 5.87. The van der Waals surface area contributed by atoms with Gasteiger partial charge in [0.05, 0.1) is 10.3 Å². The number of benzene rings is 4. The monoisotopic (exact) mass is 519 g/mol. The molecule has 0 unspecified atom stereocenters. The second-order valence-corrected chi connectivity index (χ2v) is 11.6. The quantitative estimate of drug-likeness (QED) is 0.367. The van der Waals surface area contributed by atoms with Crippen LogP contribution in [0.1, 0.15) is 0 Å². The minimum atomic E-state index is -4.35. The highest BCUT2D eigenvalue weighted by atomic mass is 32.2. The van der Waals surface area contributed by atoms with Gasteiger partial charge < -0.3 is 8.37 Å². The highest BCUT2D eigenvalue weighted by molar-refractivity contribution is 7.89. The molecular formula is C22H17NO8S3. The number of rotatable bonds is 7. The normalized spacial score (nSPS) is 12.4. The minimum Gasteiger partial charge on any atom is -0.378 e. The van der Waals surface area contributed by atoms with Crippen molar-refractivity contribution in [1.29, 1.82) is 0 Å². The minimum absolute atomic E-state index is 0.0796. The van der Waals surface area contributed by atoms with Crippen LogP contribution in [0.15, 0.2) is 106 Å². The third kappa shape index (κ3) is 4.75. The molecule has 176 valence electrons. The average Bonchev–Trinajstić information content (AvgIpc) is 2.79. The van der Waals surface area contributed by atoms with Gasteiger partial charge in [0, 0.05) is 5.39 Å². The summed E-state index contributed by atoms with van der Waals surface area (Å²) in [6.45, 7) is 0. The second kappa shape index (κ2) is 8.72. The van der Waals surface area contributed by atoms with Crippen LogP contribution in [-0.2, 0) is 30.3 Å². The van der Waals surface area contributed by atoms with Crippen LogP contribution in [0.2, 0.25) is 0 Å². The molecule has 0 atom stereocenters. The number of hydrogen-bond acceptors (Lipinski definition) is 8. The van der Waals surface area contributed by atoms with E-state index in [1.54, 1.807) is 12.1 Å². The summed E-state index contributed by atoms with van der Waals surface area (Å²) >= 11 is 0. The maximum absolute atomic E-state index is 12.8. The first kappa shape index (κ1) is 23.7. The van der Waals surface area contributed by atoms with Crippen LogP contribution in [0.4, 0.5) is 0 Å². The Morgan fingerprint density at radius 2 is 1.00 bits per heavy atom. The van der Waals surface area contributed by atoms with Gasteiger partial charge in [-0.15, -0.1) is 0 Å². The summed E-state index contributed by atoms with van der Waals surface area (Å²) in [4.78, 5) is -0.683. The molecule has 0 aliphatic heterocycles. The number of primary sulfonamides is 1. The van der Waals surface area contributed by atoms with E-state index < -0.39 is 30.3 Å². The zero-order valence-electron chi connectivity index (χ0n) is 17.2. The maximum Gasteiger partial charge on any atom is 0.339 e. The Morgan fingerprint density at radius 1 is 0.529 bits per heavy atom. The summed E-state index contributed by atoms with van der Waals surface area (Å²) in [5.41, 5.74) is 0. The van der Waals surface area contributed by atoms with Gasteiger partial charge in [-0.3, -0.25) is 0 Å². The summed E-state index contributed by atoms with van der Waals surface area (Å²) in [5.74, 6) is -0.685. The lowest BCUT2D eigenvalue weighted by atomic mass is 10.1. The first-order valence-corrected chi connectivity index (χ1v) is 13.9. The molecule has 0 bridgehead atoms. The molecule has 0 saturated heterocycles. The standard InChI is InChI=1S/C22H17NO8S3/c23-32(24,25)21-15-14-20(31-34(28,29)17-10-5-2-6-11-17)22-18(21)12-7-13-19(22)30-33(26,27)16-8-3-1-4-9-16/h1-15H,(H2,23,24,25). The second-order valence-electron chi connectivity index (χ2n) is 6.99. The summed E-state index contributed by atoms with van der Waals surface area (Å²) in [6.07, 6.45) is 0. The molecule has 4 aromatic carbocycles. The topological polar surface area (TPSA) is 147 Å². The van der Waals surface area contributed by atoms with Gasteiger partial charge in [0.1, 0.15) is 9.79 Å². The van der Waals surface area contributed by atoms with Crippen LogP contribution in [-0.4, -0.2) is 25.3 Å².